The molecular weight excluding hydrogens is 266 g/mol. The molecule has 3 nitrogen and oxygen atoms in total. The Bertz CT molecular complexity index is 418. The topological polar surface area (TPSA) is 52.3 Å². The maximum Gasteiger partial charge on any atom is 0.322 e. The number of benzene rings is 1. The molecule has 0 saturated heterocycles. The third-order valence-corrected chi connectivity index (χ3v) is 10.2. The maximum absolute atomic E-state index is 11.3. The summed E-state index contributed by atoms with van der Waals surface area (Å²) >= 11 is 0. The number of carbonyl (C=O) groups is 1. The molecule has 2 N–H and O–H groups in total. The summed E-state index contributed by atoms with van der Waals surface area (Å²) in [5, 5.41) is 1.51. The van der Waals surface area contributed by atoms with Crippen molar-refractivity contribution in [3.05, 3.63) is 29.8 Å². The summed E-state index contributed by atoms with van der Waals surface area (Å²) in [7, 11) is 0.0621. The van der Waals surface area contributed by atoms with Crippen molar-refractivity contribution in [3.63, 3.8) is 0 Å². The molecule has 4 heteroatoms. The van der Waals surface area contributed by atoms with Crippen LogP contribution in [0, 0.1) is 0 Å². The fourth-order valence-corrected chi connectivity index (χ4v) is 6.44. The average molecular weight is 293 g/mol. The summed E-state index contributed by atoms with van der Waals surface area (Å²) in [4.78, 5) is 11.3. The zero-order valence-corrected chi connectivity index (χ0v) is 14.1. The highest BCUT2D eigenvalue weighted by Crippen LogP contribution is 2.20. The fourth-order valence-electron chi connectivity index (χ4n) is 2.85. The van der Waals surface area contributed by atoms with Gasteiger partial charge in [0.2, 0.25) is 0 Å². The first-order valence-corrected chi connectivity index (χ1v) is 10.1. The van der Waals surface area contributed by atoms with Gasteiger partial charge in [-0.2, -0.15) is 0 Å². The Morgan fingerprint density at radius 1 is 1.15 bits per heavy atom. The van der Waals surface area contributed by atoms with Crippen LogP contribution in [0.3, 0.4) is 0 Å². The van der Waals surface area contributed by atoms with Crippen LogP contribution in [0.25, 0.3) is 0 Å². The van der Waals surface area contributed by atoms with Gasteiger partial charge in [-0.15, -0.1) is 0 Å². The molecule has 0 unspecified atom stereocenters. The molecule has 0 fully saturated rings. The van der Waals surface area contributed by atoms with Gasteiger partial charge in [0.15, 0.2) is 0 Å². The van der Waals surface area contributed by atoms with Crippen LogP contribution in [0.2, 0.25) is 18.1 Å². The molecule has 0 aromatic heterocycles. The van der Waals surface area contributed by atoms with Crippen LogP contribution < -0.4 is 10.9 Å². The van der Waals surface area contributed by atoms with Crippen molar-refractivity contribution in [1.82, 2.24) is 0 Å². The van der Waals surface area contributed by atoms with Gasteiger partial charge in [-0.05, 0) is 12.0 Å². The summed E-state index contributed by atoms with van der Waals surface area (Å²) in [5.41, 5.74) is 6.89. The zero-order valence-electron chi connectivity index (χ0n) is 13.1. The van der Waals surface area contributed by atoms with Crippen molar-refractivity contribution < 1.29 is 9.53 Å². The molecule has 0 aliphatic carbocycles. The van der Waals surface area contributed by atoms with Gasteiger partial charge < -0.3 is 10.5 Å². The Hall–Kier alpha value is -1.13. The minimum atomic E-state index is -1.31. The molecule has 0 bridgehead atoms. The highest BCUT2D eigenvalue weighted by atomic mass is 28.3. The first-order valence-electron chi connectivity index (χ1n) is 7.45. The Balaban J connectivity index is 2.86. The van der Waals surface area contributed by atoms with Gasteiger partial charge in [0, 0.05) is 0 Å². The van der Waals surface area contributed by atoms with E-state index in [1.54, 1.807) is 0 Å². The predicted molar refractivity (Wildman–Crippen MR) is 87.0 cm³/mol. The molecule has 1 atom stereocenters. The summed E-state index contributed by atoms with van der Waals surface area (Å²) in [6.45, 7) is 6.92. The lowest BCUT2D eigenvalue weighted by Crippen LogP contribution is -2.45. The Kier molecular flexibility index (Phi) is 6.43. The van der Waals surface area contributed by atoms with Crippen molar-refractivity contribution in [2.75, 3.05) is 7.11 Å². The van der Waals surface area contributed by atoms with E-state index in [0.717, 1.165) is 5.56 Å². The second kappa shape index (κ2) is 7.60. The highest BCUT2D eigenvalue weighted by Gasteiger charge is 2.28. The van der Waals surface area contributed by atoms with E-state index in [9.17, 15) is 4.79 Å². The maximum atomic E-state index is 11.3. The molecule has 0 saturated carbocycles. The van der Waals surface area contributed by atoms with Gasteiger partial charge in [-0.25, -0.2) is 0 Å². The summed E-state index contributed by atoms with van der Waals surface area (Å²) < 4.78 is 4.66. The van der Waals surface area contributed by atoms with Crippen molar-refractivity contribution in [2.45, 2.75) is 51.4 Å². The number of hydrogen-bond acceptors (Lipinski definition) is 3. The second-order valence-corrected chi connectivity index (χ2v) is 10.6. The fraction of sp³-hybridized carbons (Fsp3) is 0.562. The molecule has 112 valence electrons. The van der Waals surface area contributed by atoms with E-state index in [1.165, 1.54) is 30.4 Å². The molecule has 1 aromatic rings. The number of rotatable bonds is 7. The summed E-state index contributed by atoms with van der Waals surface area (Å²) in [5.74, 6) is -0.353. The van der Waals surface area contributed by atoms with Gasteiger partial charge in [0.1, 0.15) is 6.04 Å². The Labute approximate surface area is 123 Å². The van der Waals surface area contributed by atoms with Gasteiger partial charge >= 0.3 is 5.97 Å². The minimum absolute atomic E-state index is 0.353. The van der Waals surface area contributed by atoms with Crippen LogP contribution in [0.4, 0.5) is 0 Å². The Morgan fingerprint density at radius 2 is 1.65 bits per heavy atom. The molecule has 0 heterocycles. The third kappa shape index (κ3) is 3.70. The number of ether oxygens (including phenoxy) is 1. The first kappa shape index (κ1) is 16.9. The zero-order chi connectivity index (χ0) is 15.2. The van der Waals surface area contributed by atoms with Gasteiger partial charge in [0.25, 0.3) is 0 Å². The van der Waals surface area contributed by atoms with Crippen LogP contribution >= 0.6 is 0 Å². The molecule has 1 rings (SSSR count). The number of carbonyl (C=O) groups excluding carboxylic acids is 1. The Morgan fingerprint density at radius 3 is 2.05 bits per heavy atom. The smallest absolute Gasteiger partial charge is 0.322 e. The van der Waals surface area contributed by atoms with E-state index < -0.39 is 14.1 Å². The second-order valence-electron chi connectivity index (χ2n) is 5.37. The van der Waals surface area contributed by atoms with E-state index in [4.69, 9.17) is 5.73 Å². The highest BCUT2D eigenvalue weighted by molar-refractivity contribution is 6.91. The lowest BCUT2D eigenvalue weighted by Gasteiger charge is -2.28. The van der Waals surface area contributed by atoms with Gasteiger partial charge in [-0.3, -0.25) is 4.79 Å². The van der Waals surface area contributed by atoms with E-state index in [-0.39, 0.29) is 5.97 Å². The third-order valence-electron chi connectivity index (χ3n) is 4.56. The van der Waals surface area contributed by atoms with E-state index in [1.807, 2.05) is 0 Å². The van der Waals surface area contributed by atoms with Crippen LogP contribution in [0.1, 0.15) is 26.3 Å². The summed E-state index contributed by atoms with van der Waals surface area (Å²) in [6, 6.07) is 12.0. The molecule has 0 aliphatic rings. The quantitative estimate of drug-likeness (QED) is 0.620. The van der Waals surface area contributed by atoms with E-state index in [0.29, 0.717) is 6.42 Å². The van der Waals surface area contributed by atoms with Crippen molar-refractivity contribution in [1.29, 1.82) is 0 Å². The SMILES string of the molecule is CC[Si](CC)(CC)c1ccc(C[C@H](N)C(=O)OC)cc1. The lowest BCUT2D eigenvalue weighted by molar-refractivity contribution is -0.142. The number of hydrogen-bond donors (Lipinski definition) is 1. The molecule has 0 radical (unpaired) electrons. The van der Waals surface area contributed by atoms with Gasteiger partial charge in [-0.1, -0.05) is 68.4 Å². The molecular formula is C16H27NO2Si. The van der Waals surface area contributed by atoms with Gasteiger partial charge in [0.05, 0.1) is 15.2 Å². The lowest BCUT2D eigenvalue weighted by atomic mass is 10.1. The molecule has 20 heavy (non-hydrogen) atoms. The van der Waals surface area contributed by atoms with Crippen molar-refractivity contribution >= 4 is 19.2 Å². The van der Waals surface area contributed by atoms with Crippen molar-refractivity contribution in [2.24, 2.45) is 5.73 Å². The number of methoxy groups -OCH3 is 1. The monoisotopic (exact) mass is 293 g/mol. The van der Waals surface area contributed by atoms with Crippen LogP contribution in [0.5, 0.6) is 0 Å². The number of esters is 1. The van der Waals surface area contributed by atoms with E-state index in [2.05, 4.69) is 49.8 Å². The standard InChI is InChI=1S/C16H27NO2Si/c1-5-20(6-2,7-3)14-10-8-13(9-11-14)12-15(17)16(18)19-4/h8-11,15H,5-7,12,17H2,1-4H3/t15-/m0/s1. The molecule has 0 amide bonds. The summed E-state index contributed by atoms with van der Waals surface area (Å²) in [6.07, 6.45) is 0.534. The van der Waals surface area contributed by atoms with Crippen LogP contribution in [-0.4, -0.2) is 27.2 Å². The first-order chi connectivity index (χ1) is 9.52. The molecule has 0 aliphatic heterocycles. The average Bonchev–Trinajstić information content (AvgIpc) is 2.50. The minimum Gasteiger partial charge on any atom is -0.468 e. The largest absolute Gasteiger partial charge is 0.468 e. The molecule has 0 spiro atoms. The normalized spacial score (nSPS) is 13.1. The van der Waals surface area contributed by atoms with Crippen LogP contribution in [-0.2, 0) is 16.0 Å². The van der Waals surface area contributed by atoms with Crippen molar-refractivity contribution in [3.8, 4) is 0 Å². The molecule has 1 aromatic carbocycles. The van der Waals surface area contributed by atoms with E-state index >= 15 is 0 Å². The predicted octanol–water partition coefficient (Wildman–Crippen LogP) is 2.44. The number of nitrogens with two attached hydrogens (primary N) is 1. The van der Waals surface area contributed by atoms with Crippen LogP contribution in [0.15, 0.2) is 24.3 Å².